The first-order valence-corrected chi connectivity index (χ1v) is 6.83. The van der Waals surface area contributed by atoms with Gasteiger partial charge < -0.3 is 4.98 Å². The van der Waals surface area contributed by atoms with Crippen LogP contribution in [-0.2, 0) is 14.6 Å². The summed E-state index contributed by atoms with van der Waals surface area (Å²) in [6.45, 7) is 0. The second-order valence-corrected chi connectivity index (χ2v) is 6.08. The van der Waals surface area contributed by atoms with Gasteiger partial charge in [-0.25, -0.2) is 13.4 Å². The zero-order valence-corrected chi connectivity index (χ0v) is 9.46. The van der Waals surface area contributed by atoms with Gasteiger partial charge in [-0.3, -0.25) is 10.1 Å². The van der Waals surface area contributed by atoms with Gasteiger partial charge in [-0.15, -0.1) is 0 Å². The van der Waals surface area contributed by atoms with Gasteiger partial charge in [-0.1, -0.05) is 6.42 Å². The van der Waals surface area contributed by atoms with Crippen molar-refractivity contribution in [3.05, 3.63) is 12.4 Å². The summed E-state index contributed by atoms with van der Waals surface area (Å²) in [5.74, 6) is -0.108. The highest BCUT2D eigenvalue weighted by molar-refractivity contribution is 7.92. The Balaban J connectivity index is 2.09. The van der Waals surface area contributed by atoms with Crippen LogP contribution in [0, 0.1) is 0 Å². The smallest absolute Gasteiger partial charge is 0.245 e. The second-order valence-electron chi connectivity index (χ2n) is 3.78. The molecule has 16 heavy (non-hydrogen) atoms. The molecule has 2 N–H and O–H groups in total. The number of nitrogens with zero attached hydrogens (tertiary/aromatic N) is 1. The van der Waals surface area contributed by atoms with Crippen molar-refractivity contribution < 1.29 is 13.2 Å². The van der Waals surface area contributed by atoms with Gasteiger partial charge in [0.1, 0.15) is 5.25 Å². The minimum atomic E-state index is -3.28. The quantitative estimate of drug-likeness (QED) is 0.782. The van der Waals surface area contributed by atoms with E-state index in [0.29, 0.717) is 12.8 Å². The highest BCUT2D eigenvalue weighted by Gasteiger charge is 2.34. The maximum absolute atomic E-state index is 11.7. The van der Waals surface area contributed by atoms with Crippen LogP contribution in [0.4, 0.5) is 5.95 Å². The van der Waals surface area contributed by atoms with Gasteiger partial charge in [0, 0.05) is 12.4 Å². The molecule has 6 nitrogen and oxygen atoms in total. The summed E-state index contributed by atoms with van der Waals surface area (Å²) in [5.41, 5.74) is 0. The van der Waals surface area contributed by atoms with E-state index in [1.54, 1.807) is 6.20 Å². The fraction of sp³-hybridized carbons (Fsp3) is 0.556. The number of anilines is 1. The number of nitrogens with one attached hydrogen (secondary N) is 2. The minimum absolute atomic E-state index is 0.100. The third-order valence-corrected chi connectivity index (χ3v) is 4.79. The molecular formula is C9H13N3O3S. The lowest BCUT2D eigenvalue weighted by molar-refractivity contribution is -0.116. The Morgan fingerprint density at radius 3 is 2.94 bits per heavy atom. The number of carbonyl (C=O) groups is 1. The predicted molar refractivity (Wildman–Crippen MR) is 58.6 cm³/mol. The molecule has 0 bridgehead atoms. The van der Waals surface area contributed by atoms with Gasteiger partial charge in [0.2, 0.25) is 11.9 Å². The van der Waals surface area contributed by atoms with Gasteiger partial charge >= 0.3 is 0 Å². The molecule has 88 valence electrons. The summed E-state index contributed by atoms with van der Waals surface area (Å²) in [5, 5.41) is 1.54. The maximum atomic E-state index is 11.7. The number of hydrogen-bond donors (Lipinski definition) is 2. The summed E-state index contributed by atoms with van der Waals surface area (Å²) in [7, 11) is -3.28. The van der Waals surface area contributed by atoms with Gasteiger partial charge in [0.15, 0.2) is 9.84 Å². The third-order valence-electron chi connectivity index (χ3n) is 2.61. The monoisotopic (exact) mass is 243 g/mol. The third kappa shape index (κ3) is 2.24. The number of H-pyrrole nitrogens is 1. The van der Waals surface area contributed by atoms with E-state index < -0.39 is 21.0 Å². The van der Waals surface area contributed by atoms with Crippen LogP contribution in [0.1, 0.15) is 19.3 Å². The predicted octanol–water partition coefficient (Wildman–Crippen LogP) is 0.315. The lowest BCUT2D eigenvalue weighted by Crippen LogP contribution is -2.39. The zero-order chi connectivity index (χ0) is 11.6. The Hall–Kier alpha value is -1.37. The maximum Gasteiger partial charge on any atom is 0.245 e. The van der Waals surface area contributed by atoms with E-state index in [1.807, 2.05) is 0 Å². The zero-order valence-electron chi connectivity index (χ0n) is 8.64. The van der Waals surface area contributed by atoms with Crippen LogP contribution in [0.2, 0.25) is 0 Å². The first-order chi connectivity index (χ1) is 7.59. The normalized spacial score (nSPS) is 23.9. The molecule has 0 radical (unpaired) electrons. The molecule has 1 aromatic rings. The van der Waals surface area contributed by atoms with Crippen LogP contribution in [0.3, 0.4) is 0 Å². The molecule has 7 heteroatoms. The highest BCUT2D eigenvalue weighted by atomic mass is 32.2. The summed E-state index contributed by atoms with van der Waals surface area (Å²) in [6, 6.07) is 0. The molecule has 1 unspecified atom stereocenters. The number of rotatable bonds is 2. The van der Waals surface area contributed by atoms with Gasteiger partial charge in [-0.2, -0.15) is 0 Å². The summed E-state index contributed by atoms with van der Waals surface area (Å²) in [4.78, 5) is 18.2. The second kappa shape index (κ2) is 4.25. The average molecular weight is 243 g/mol. The topological polar surface area (TPSA) is 91.9 Å². The molecule has 1 aromatic heterocycles. The molecule has 1 amide bonds. The van der Waals surface area contributed by atoms with Crippen molar-refractivity contribution >= 4 is 21.7 Å². The number of sulfone groups is 1. The first kappa shape index (κ1) is 11.1. The molecule has 1 saturated heterocycles. The van der Waals surface area contributed by atoms with Crippen LogP contribution in [0.5, 0.6) is 0 Å². The lowest BCUT2D eigenvalue weighted by atomic mass is 10.2. The van der Waals surface area contributed by atoms with E-state index in [9.17, 15) is 13.2 Å². The van der Waals surface area contributed by atoms with Crippen LogP contribution >= 0.6 is 0 Å². The summed E-state index contributed by atoms with van der Waals surface area (Å²) >= 11 is 0. The number of aromatic nitrogens is 2. The molecule has 0 saturated carbocycles. The number of hydrogen-bond acceptors (Lipinski definition) is 4. The van der Waals surface area contributed by atoms with Crippen LogP contribution in [-0.4, -0.2) is 35.3 Å². The average Bonchev–Trinajstić information content (AvgIpc) is 2.69. The fourth-order valence-corrected chi connectivity index (χ4v) is 3.58. The number of aromatic amines is 1. The van der Waals surface area contributed by atoms with Crippen molar-refractivity contribution in [3.8, 4) is 0 Å². The standard InChI is InChI=1S/C9H13N3O3S/c13-8(12-9-10-4-5-11-9)7-3-1-2-6-16(7,14)15/h4-5,7H,1-3,6H2,(H2,10,11,12,13). The molecule has 0 aliphatic carbocycles. The molecular weight excluding hydrogens is 230 g/mol. The molecule has 1 fully saturated rings. The van der Waals surface area contributed by atoms with E-state index in [1.165, 1.54) is 6.20 Å². The molecule has 2 rings (SSSR count). The number of carbonyl (C=O) groups excluding carboxylic acids is 1. The molecule has 0 aromatic carbocycles. The molecule has 1 atom stereocenters. The molecule has 2 heterocycles. The summed E-state index contributed by atoms with van der Waals surface area (Å²) in [6.07, 6.45) is 4.87. The van der Waals surface area contributed by atoms with Crippen molar-refractivity contribution in [2.45, 2.75) is 24.5 Å². The number of imidazole rings is 1. The highest BCUT2D eigenvalue weighted by Crippen LogP contribution is 2.20. The van der Waals surface area contributed by atoms with E-state index >= 15 is 0 Å². The lowest BCUT2D eigenvalue weighted by Gasteiger charge is -2.20. The van der Waals surface area contributed by atoms with Gasteiger partial charge in [0.05, 0.1) is 5.75 Å². The van der Waals surface area contributed by atoms with E-state index in [4.69, 9.17) is 0 Å². The minimum Gasteiger partial charge on any atom is -0.331 e. The Morgan fingerprint density at radius 1 is 1.50 bits per heavy atom. The van der Waals surface area contributed by atoms with Crippen molar-refractivity contribution in [2.75, 3.05) is 11.1 Å². The Bertz CT molecular complexity index is 466. The van der Waals surface area contributed by atoms with Gasteiger partial charge in [-0.05, 0) is 12.8 Å². The Labute approximate surface area is 93.4 Å². The van der Waals surface area contributed by atoms with Crippen LogP contribution in [0.15, 0.2) is 12.4 Å². The molecule has 0 spiro atoms. The molecule has 1 aliphatic rings. The largest absolute Gasteiger partial charge is 0.331 e. The number of amides is 1. The Morgan fingerprint density at radius 2 is 2.31 bits per heavy atom. The van der Waals surface area contributed by atoms with E-state index in [2.05, 4.69) is 15.3 Å². The van der Waals surface area contributed by atoms with Crippen molar-refractivity contribution in [2.24, 2.45) is 0 Å². The molecule has 1 aliphatic heterocycles. The van der Waals surface area contributed by atoms with Crippen LogP contribution < -0.4 is 5.32 Å². The fourth-order valence-electron chi connectivity index (χ4n) is 1.78. The Kier molecular flexibility index (Phi) is 2.95. The van der Waals surface area contributed by atoms with E-state index in [-0.39, 0.29) is 11.7 Å². The van der Waals surface area contributed by atoms with Gasteiger partial charge in [0.25, 0.3) is 0 Å². The van der Waals surface area contributed by atoms with Crippen molar-refractivity contribution in [1.29, 1.82) is 0 Å². The van der Waals surface area contributed by atoms with Crippen molar-refractivity contribution in [1.82, 2.24) is 9.97 Å². The summed E-state index contributed by atoms with van der Waals surface area (Å²) < 4.78 is 23.3. The van der Waals surface area contributed by atoms with Crippen LogP contribution in [0.25, 0.3) is 0 Å². The van der Waals surface area contributed by atoms with E-state index in [0.717, 1.165) is 6.42 Å². The first-order valence-electron chi connectivity index (χ1n) is 5.11. The van der Waals surface area contributed by atoms with Crippen molar-refractivity contribution in [3.63, 3.8) is 0 Å². The SMILES string of the molecule is O=C(Nc1ncc[nH]1)C1CCCCS1(=O)=O.